The fourth-order valence-corrected chi connectivity index (χ4v) is 4.15. The van der Waals surface area contributed by atoms with Gasteiger partial charge in [-0.1, -0.05) is 0 Å². The van der Waals surface area contributed by atoms with Crippen LogP contribution in [0.25, 0.3) is 0 Å². The van der Waals surface area contributed by atoms with Crippen LogP contribution in [0, 0.1) is 0 Å². The Morgan fingerprint density at radius 2 is 1.31 bits per heavy atom. The summed E-state index contributed by atoms with van der Waals surface area (Å²) in [7, 11) is 2.15. The van der Waals surface area contributed by atoms with Crippen molar-refractivity contribution in [3.63, 3.8) is 0 Å². The van der Waals surface area contributed by atoms with E-state index in [4.69, 9.17) is 0 Å². The number of amides is 1. The van der Waals surface area contributed by atoms with Gasteiger partial charge in [0.05, 0.1) is 0 Å². The highest BCUT2D eigenvalue weighted by molar-refractivity contribution is 7.98. The van der Waals surface area contributed by atoms with Gasteiger partial charge in [-0.05, 0) is 49.7 Å². The number of aromatic nitrogens is 2. The van der Waals surface area contributed by atoms with Gasteiger partial charge in [0.15, 0.2) is 11.6 Å². The smallest absolute Gasteiger partial charge is 0.253 e. The molecule has 0 bridgehead atoms. The Hall–Kier alpha value is -2.32. The Morgan fingerprint density at radius 3 is 1.79 bits per heavy atom. The van der Waals surface area contributed by atoms with Crippen LogP contribution in [0.3, 0.4) is 0 Å². The number of carbonyl (C=O) groups is 1. The molecule has 29 heavy (non-hydrogen) atoms. The van der Waals surface area contributed by atoms with Gasteiger partial charge in [0.25, 0.3) is 5.91 Å². The highest BCUT2D eigenvalue weighted by Crippen LogP contribution is 2.19. The number of hydrogen-bond acceptors (Lipinski definition) is 7. The molecule has 0 N–H and O–H groups in total. The van der Waals surface area contributed by atoms with Gasteiger partial charge >= 0.3 is 0 Å². The lowest BCUT2D eigenvalue weighted by Gasteiger charge is -2.36. The molecule has 2 saturated heterocycles. The van der Waals surface area contributed by atoms with E-state index in [-0.39, 0.29) is 5.91 Å². The first-order valence-electron chi connectivity index (χ1n) is 10.1. The van der Waals surface area contributed by atoms with E-state index in [0.717, 1.165) is 56.5 Å². The molecule has 0 atom stereocenters. The minimum absolute atomic E-state index is 0.105. The highest BCUT2D eigenvalue weighted by Gasteiger charge is 2.23. The quantitative estimate of drug-likeness (QED) is 0.711. The molecular formula is C21H28N6OS. The molecule has 0 unspecified atom stereocenters. The molecule has 2 fully saturated rings. The van der Waals surface area contributed by atoms with Crippen molar-refractivity contribution < 1.29 is 4.79 Å². The van der Waals surface area contributed by atoms with E-state index < -0.39 is 0 Å². The lowest BCUT2D eigenvalue weighted by molar-refractivity contribution is 0.0746. The first-order valence-corrected chi connectivity index (χ1v) is 11.3. The number of carbonyl (C=O) groups excluding carboxylic acids is 1. The van der Waals surface area contributed by atoms with E-state index in [0.29, 0.717) is 13.1 Å². The molecule has 8 heteroatoms. The summed E-state index contributed by atoms with van der Waals surface area (Å²) in [6.45, 7) is 7.04. The van der Waals surface area contributed by atoms with Crippen molar-refractivity contribution in [2.24, 2.45) is 0 Å². The Morgan fingerprint density at radius 1 is 0.793 bits per heavy atom. The molecule has 7 nitrogen and oxygen atoms in total. The predicted octanol–water partition coefficient (Wildman–Crippen LogP) is 1.91. The van der Waals surface area contributed by atoms with Gasteiger partial charge in [0.1, 0.15) is 0 Å². The number of hydrogen-bond donors (Lipinski definition) is 0. The van der Waals surface area contributed by atoms with Crippen LogP contribution in [0.1, 0.15) is 10.4 Å². The molecule has 0 spiro atoms. The zero-order valence-corrected chi connectivity index (χ0v) is 17.9. The summed E-state index contributed by atoms with van der Waals surface area (Å²) in [5.41, 5.74) is 0.757. The van der Waals surface area contributed by atoms with Gasteiger partial charge in [-0.15, -0.1) is 22.0 Å². The molecule has 1 aromatic heterocycles. The van der Waals surface area contributed by atoms with E-state index in [2.05, 4.69) is 44.1 Å². The van der Waals surface area contributed by atoms with Crippen molar-refractivity contribution >= 4 is 29.3 Å². The normalized spacial score (nSPS) is 18.2. The lowest BCUT2D eigenvalue weighted by Crippen LogP contribution is -2.49. The fraction of sp³-hybridized carbons (Fsp3) is 0.476. The first kappa shape index (κ1) is 20.0. The average molecular weight is 413 g/mol. The molecule has 1 amide bonds. The molecule has 0 saturated carbocycles. The maximum Gasteiger partial charge on any atom is 0.253 e. The van der Waals surface area contributed by atoms with Gasteiger partial charge in [0, 0.05) is 62.8 Å². The third-order valence-electron chi connectivity index (χ3n) is 5.69. The molecule has 2 aliphatic heterocycles. The van der Waals surface area contributed by atoms with E-state index in [1.165, 1.54) is 4.90 Å². The summed E-state index contributed by atoms with van der Waals surface area (Å²) in [5.74, 6) is 1.94. The molecule has 0 radical (unpaired) electrons. The maximum absolute atomic E-state index is 12.7. The van der Waals surface area contributed by atoms with Crippen molar-refractivity contribution in [2.75, 3.05) is 75.5 Å². The minimum atomic E-state index is 0.105. The number of rotatable bonds is 4. The maximum atomic E-state index is 12.7. The summed E-state index contributed by atoms with van der Waals surface area (Å²) in [4.78, 5) is 22.7. The summed E-state index contributed by atoms with van der Waals surface area (Å²) in [5, 5.41) is 8.91. The Balaban J connectivity index is 1.32. The molecule has 4 rings (SSSR count). The van der Waals surface area contributed by atoms with Crippen molar-refractivity contribution in [1.29, 1.82) is 0 Å². The van der Waals surface area contributed by atoms with Crippen molar-refractivity contribution in [3.05, 3.63) is 42.0 Å². The number of benzene rings is 1. The molecule has 154 valence electrons. The lowest BCUT2D eigenvalue weighted by atomic mass is 10.2. The topological polar surface area (TPSA) is 55.8 Å². The first-order chi connectivity index (χ1) is 14.1. The highest BCUT2D eigenvalue weighted by atomic mass is 32.2. The number of piperazine rings is 2. The van der Waals surface area contributed by atoms with Crippen LogP contribution < -0.4 is 9.80 Å². The molecule has 3 heterocycles. The number of anilines is 2. The van der Waals surface area contributed by atoms with Crippen LogP contribution in [0.4, 0.5) is 11.6 Å². The Labute approximate surface area is 176 Å². The number of likely N-dealkylation sites (N-methyl/N-ethyl adjacent to an activating group) is 1. The Kier molecular flexibility index (Phi) is 6.20. The Bertz CT molecular complexity index is 812. The van der Waals surface area contributed by atoms with Crippen LogP contribution in [-0.2, 0) is 0 Å². The second-order valence-corrected chi connectivity index (χ2v) is 8.43. The number of nitrogens with zero attached hydrogens (tertiary/aromatic N) is 6. The van der Waals surface area contributed by atoms with Crippen LogP contribution in [0.2, 0.25) is 0 Å². The second-order valence-electron chi connectivity index (χ2n) is 7.55. The van der Waals surface area contributed by atoms with Crippen molar-refractivity contribution in [1.82, 2.24) is 20.0 Å². The number of thioether (sulfide) groups is 1. The van der Waals surface area contributed by atoms with E-state index in [9.17, 15) is 4.79 Å². The van der Waals surface area contributed by atoms with Gasteiger partial charge in [-0.25, -0.2) is 0 Å². The standard InChI is InChI=1S/C21H28N6OS/c1-24-9-11-25(12-10-24)19-7-8-20(23-22-19)26-13-15-27(16-14-26)21(28)17-3-5-18(29-2)6-4-17/h3-8H,9-16H2,1-2H3. The van der Waals surface area contributed by atoms with E-state index in [1.807, 2.05) is 35.4 Å². The fourth-order valence-electron chi connectivity index (χ4n) is 3.75. The zero-order valence-electron chi connectivity index (χ0n) is 17.1. The third kappa shape index (κ3) is 4.64. The average Bonchev–Trinajstić information content (AvgIpc) is 2.79. The molecule has 0 aliphatic carbocycles. The summed E-state index contributed by atoms with van der Waals surface area (Å²) >= 11 is 1.68. The summed E-state index contributed by atoms with van der Waals surface area (Å²) in [6.07, 6.45) is 2.04. The predicted molar refractivity (Wildman–Crippen MR) is 118 cm³/mol. The summed E-state index contributed by atoms with van der Waals surface area (Å²) < 4.78 is 0. The van der Waals surface area contributed by atoms with Crippen molar-refractivity contribution in [3.8, 4) is 0 Å². The van der Waals surface area contributed by atoms with Gasteiger partial charge in [-0.3, -0.25) is 4.79 Å². The molecular weight excluding hydrogens is 384 g/mol. The van der Waals surface area contributed by atoms with Crippen LogP contribution >= 0.6 is 11.8 Å². The van der Waals surface area contributed by atoms with Gasteiger partial charge < -0.3 is 19.6 Å². The summed E-state index contributed by atoms with van der Waals surface area (Å²) in [6, 6.07) is 12.0. The molecule has 2 aliphatic rings. The van der Waals surface area contributed by atoms with E-state index >= 15 is 0 Å². The second kappa shape index (κ2) is 9.00. The van der Waals surface area contributed by atoms with Crippen LogP contribution in [0.5, 0.6) is 0 Å². The van der Waals surface area contributed by atoms with E-state index in [1.54, 1.807) is 11.8 Å². The zero-order chi connectivity index (χ0) is 20.2. The SMILES string of the molecule is CSc1ccc(C(=O)N2CCN(c3ccc(N4CCN(C)CC4)nn3)CC2)cc1. The van der Waals surface area contributed by atoms with Gasteiger partial charge in [0.2, 0.25) is 0 Å². The minimum Gasteiger partial charge on any atom is -0.353 e. The molecule has 2 aromatic rings. The van der Waals surface area contributed by atoms with Crippen molar-refractivity contribution in [2.45, 2.75) is 4.90 Å². The van der Waals surface area contributed by atoms with Crippen LogP contribution in [0.15, 0.2) is 41.3 Å². The largest absolute Gasteiger partial charge is 0.353 e. The molecule has 1 aromatic carbocycles. The van der Waals surface area contributed by atoms with Gasteiger partial charge in [-0.2, -0.15) is 0 Å². The monoisotopic (exact) mass is 412 g/mol. The third-order valence-corrected chi connectivity index (χ3v) is 6.44. The van der Waals surface area contributed by atoms with Crippen LogP contribution in [-0.4, -0.2) is 91.6 Å².